The summed E-state index contributed by atoms with van der Waals surface area (Å²) in [5, 5.41) is 3.74. The van der Waals surface area contributed by atoms with E-state index in [1.807, 2.05) is 43.3 Å². The number of nitrogens with zero attached hydrogens (tertiary/aromatic N) is 1. The van der Waals surface area contributed by atoms with Crippen LogP contribution in [-0.4, -0.2) is 40.1 Å². The van der Waals surface area contributed by atoms with Crippen LogP contribution in [0.1, 0.15) is 46.6 Å². The van der Waals surface area contributed by atoms with Gasteiger partial charge in [-0.2, -0.15) is 0 Å². The van der Waals surface area contributed by atoms with Crippen LogP contribution in [-0.2, 0) is 12.8 Å². The first-order chi connectivity index (χ1) is 17.5. The lowest BCUT2D eigenvalue weighted by Gasteiger charge is -2.19. The van der Waals surface area contributed by atoms with E-state index in [-0.39, 0.29) is 5.91 Å². The van der Waals surface area contributed by atoms with Crippen LogP contribution in [0, 0.1) is 5.92 Å². The number of rotatable bonds is 9. The molecular weight excluding hydrogens is 476 g/mol. The molecule has 0 unspecified atom stereocenters. The summed E-state index contributed by atoms with van der Waals surface area (Å²) < 4.78 is 22.2. The standard InChI is InChI=1S/C28H32N2O5S/c1-6-35-21-10-8-7-9-20(21)30-27(31)24-19-13-11-17(2)15-23(19)36-28(24)29-16-18-12-14-22(32-3)26(34-5)25(18)33-4/h7-10,12,14,16-17H,6,11,13,15H2,1-5H3,(H,30,31)/t17-/m0/s1. The minimum atomic E-state index is -0.180. The summed E-state index contributed by atoms with van der Waals surface area (Å²) in [6.07, 6.45) is 4.57. The van der Waals surface area contributed by atoms with Crippen LogP contribution < -0.4 is 24.3 Å². The van der Waals surface area contributed by atoms with Crippen molar-refractivity contribution in [3.8, 4) is 23.0 Å². The zero-order chi connectivity index (χ0) is 25.7. The maximum absolute atomic E-state index is 13.6. The molecule has 1 aromatic heterocycles. The molecule has 190 valence electrons. The molecule has 36 heavy (non-hydrogen) atoms. The maximum atomic E-state index is 13.6. The molecule has 3 aromatic rings. The van der Waals surface area contributed by atoms with Crippen molar-refractivity contribution in [3.63, 3.8) is 0 Å². The fourth-order valence-corrected chi connectivity index (χ4v) is 5.80. The Bertz CT molecular complexity index is 1270. The molecular formula is C28H32N2O5S. The average Bonchev–Trinajstić information content (AvgIpc) is 3.25. The van der Waals surface area contributed by atoms with Crippen LogP contribution in [0.25, 0.3) is 0 Å². The third kappa shape index (κ3) is 5.18. The Labute approximate surface area is 216 Å². The van der Waals surface area contributed by atoms with Gasteiger partial charge in [-0.25, -0.2) is 4.99 Å². The van der Waals surface area contributed by atoms with Crippen molar-refractivity contribution in [1.29, 1.82) is 0 Å². The van der Waals surface area contributed by atoms with E-state index in [1.165, 1.54) is 4.88 Å². The van der Waals surface area contributed by atoms with Crippen molar-refractivity contribution in [2.24, 2.45) is 10.9 Å². The molecule has 0 spiro atoms. The van der Waals surface area contributed by atoms with Gasteiger partial charge in [-0.15, -0.1) is 11.3 Å². The van der Waals surface area contributed by atoms with Crippen molar-refractivity contribution in [1.82, 2.24) is 0 Å². The molecule has 7 nitrogen and oxygen atoms in total. The molecule has 0 radical (unpaired) electrons. The molecule has 1 amide bonds. The molecule has 8 heteroatoms. The van der Waals surface area contributed by atoms with Crippen molar-refractivity contribution in [2.45, 2.75) is 33.1 Å². The second-order valence-electron chi connectivity index (χ2n) is 8.60. The van der Waals surface area contributed by atoms with Crippen LogP contribution in [0.15, 0.2) is 41.4 Å². The van der Waals surface area contributed by atoms with Gasteiger partial charge in [-0.3, -0.25) is 4.79 Å². The number of benzene rings is 2. The number of hydrogen-bond acceptors (Lipinski definition) is 7. The highest BCUT2D eigenvalue weighted by molar-refractivity contribution is 7.16. The molecule has 0 aliphatic heterocycles. The second-order valence-corrected chi connectivity index (χ2v) is 9.68. The zero-order valence-electron chi connectivity index (χ0n) is 21.3. The Morgan fingerprint density at radius 2 is 1.86 bits per heavy atom. The number of nitrogens with one attached hydrogen (secondary N) is 1. The minimum absolute atomic E-state index is 0.180. The van der Waals surface area contributed by atoms with Gasteiger partial charge in [0.2, 0.25) is 5.75 Å². The smallest absolute Gasteiger partial charge is 0.259 e. The number of thiophene rings is 1. The van der Waals surface area contributed by atoms with Crippen LogP contribution in [0.4, 0.5) is 10.7 Å². The Morgan fingerprint density at radius 3 is 2.58 bits per heavy atom. The number of carbonyl (C=O) groups is 1. The highest BCUT2D eigenvalue weighted by Gasteiger charge is 2.28. The lowest BCUT2D eigenvalue weighted by Crippen LogP contribution is -2.17. The van der Waals surface area contributed by atoms with Gasteiger partial charge in [0, 0.05) is 16.7 Å². The fraction of sp³-hybridized carbons (Fsp3) is 0.357. The predicted molar refractivity (Wildman–Crippen MR) is 144 cm³/mol. The molecule has 1 atom stereocenters. The van der Waals surface area contributed by atoms with E-state index in [1.54, 1.807) is 38.9 Å². The van der Waals surface area contributed by atoms with Crippen molar-refractivity contribution in [3.05, 3.63) is 58.0 Å². The van der Waals surface area contributed by atoms with Crippen molar-refractivity contribution < 1.29 is 23.7 Å². The highest BCUT2D eigenvalue weighted by atomic mass is 32.1. The van der Waals surface area contributed by atoms with E-state index >= 15 is 0 Å². The number of ether oxygens (including phenoxy) is 4. The van der Waals surface area contributed by atoms with Crippen LogP contribution in [0.5, 0.6) is 23.0 Å². The zero-order valence-corrected chi connectivity index (χ0v) is 22.2. The first-order valence-electron chi connectivity index (χ1n) is 12.0. The quantitative estimate of drug-likeness (QED) is 0.343. The molecule has 0 saturated heterocycles. The largest absolute Gasteiger partial charge is 0.493 e. The van der Waals surface area contributed by atoms with Crippen molar-refractivity contribution in [2.75, 3.05) is 33.3 Å². The third-order valence-electron chi connectivity index (χ3n) is 6.21. The molecule has 1 aliphatic rings. The lowest BCUT2D eigenvalue weighted by atomic mass is 9.88. The van der Waals surface area contributed by atoms with Gasteiger partial charge in [-0.05, 0) is 61.9 Å². The highest BCUT2D eigenvalue weighted by Crippen LogP contribution is 2.43. The monoisotopic (exact) mass is 508 g/mol. The number of fused-ring (bicyclic) bond motifs is 1. The summed E-state index contributed by atoms with van der Waals surface area (Å²) in [6.45, 7) is 4.68. The van der Waals surface area contributed by atoms with Crippen LogP contribution >= 0.6 is 11.3 Å². The molecule has 1 N–H and O–H groups in total. The molecule has 0 saturated carbocycles. The van der Waals surface area contributed by atoms with E-state index < -0.39 is 0 Å². The second kappa shape index (κ2) is 11.5. The molecule has 4 rings (SSSR count). The number of aliphatic imine (C=N–C) groups is 1. The molecule has 2 aromatic carbocycles. The number of amides is 1. The van der Waals surface area contributed by atoms with E-state index in [0.717, 1.165) is 30.4 Å². The Hall–Kier alpha value is -3.52. The van der Waals surface area contributed by atoms with E-state index in [4.69, 9.17) is 23.9 Å². The van der Waals surface area contributed by atoms with E-state index in [0.29, 0.717) is 51.8 Å². The van der Waals surface area contributed by atoms with Gasteiger partial charge < -0.3 is 24.3 Å². The molecule has 0 bridgehead atoms. The summed E-state index contributed by atoms with van der Waals surface area (Å²) in [4.78, 5) is 19.6. The van der Waals surface area contributed by atoms with Gasteiger partial charge in [0.05, 0.1) is 39.2 Å². The third-order valence-corrected chi connectivity index (χ3v) is 7.37. The molecule has 1 aliphatic carbocycles. The summed E-state index contributed by atoms with van der Waals surface area (Å²) in [6, 6.07) is 11.1. The lowest BCUT2D eigenvalue weighted by molar-refractivity contribution is 0.102. The number of methoxy groups -OCH3 is 3. The van der Waals surface area contributed by atoms with E-state index in [9.17, 15) is 4.79 Å². The Morgan fingerprint density at radius 1 is 1.08 bits per heavy atom. The predicted octanol–water partition coefficient (Wildman–Crippen LogP) is 6.30. The maximum Gasteiger partial charge on any atom is 0.259 e. The average molecular weight is 509 g/mol. The van der Waals surface area contributed by atoms with Gasteiger partial charge in [0.25, 0.3) is 5.91 Å². The number of hydrogen-bond donors (Lipinski definition) is 1. The fourth-order valence-electron chi connectivity index (χ4n) is 4.45. The first kappa shape index (κ1) is 25.6. The molecule has 0 fully saturated rings. The van der Waals surface area contributed by atoms with Crippen LogP contribution in [0.2, 0.25) is 0 Å². The Kier molecular flexibility index (Phi) is 8.15. The molecule has 1 heterocycles. The van der Waals surface area contributed by atoms with Gasteiger partial charge in [0.15, 0.2) is 11.5 Å². The Balaban J connectivity index is 1.74. The van der Waals surface area contributed by atoms with Gasteiger partial charge in [0.1, 0.15) is 10.8 Å². The summed E-state index contributed by atoms with van der Waals surface area (Å²) >= 11 is 1.58. The van der Waals surface area contributed by atoms with Gasteiger partial charge in [-0.1, -0.05) is 19.1 Å². The minimum Gasteiger partial charge on any atom is -0.493 e. The van der Waals surface area contributed by atoms with E-state index in [2.05, 4.69) is 12.2 Å². The number of para-hydroxylation sites is 2. The van der Waals surface area contributed by atoms with Gasteiger partial charge >= 0.3 is 0 Å². The number of anilines is 1. The van der Waals surface area contributed by atoms with Crippen molar-refractivity contribution >= 4 is 34.1 Å². The topological polar surface area (TPSA) is 78.4 Å². The number of carbonyl (C=O) groups excluding carboxylic acids is 1. The summed E-state index contributed by atoms with van der Waals surface area (Å²) in [5.41, 5.74) is 3.09. The van der Waals surface area contributed by atoms with Crippen LogP contribution in [0.3, 0.4) is 0 Å². The normalized spacial score (nSPS) is 14.9. The first-order valence-corrected chi connectivity index (χ1v) is 12.8. The summed E-state index contributed by atoms with van der Waals surface area (Å²) in [5.74, 6) is 2.63. The SMILES string of the molecule is CCOc1ccccc1NC(=O)c1c(N=Cc2ccc(OC)c(OC)c2OC)sc2c1CC[C@H](C)C2. The summed E-state index contributed by atoms with van der Waals surface area (Å²) in [7, 11) is 4.73.